The van der Waals surface area contributed by atoms with Gasteiger partial charge in [0.15, 0.2) is 0 Å². The quantitative estimate of drug-likeness (QED) is 0.498. The third-order valence-electron chi connectivity index (χ3n) is 5.41. The van der Waals surface area contributed by atoms with Crippen LogP contribution in [-0.2, 0) is 16.6 Å². The van der Waals surface area contributed by atoms with E-state index in [4.69, 9.17) is 9.26 Å². The maximum absolute atomic E-state index is 12.8. The number of rotatable bonds is 8. The molecule has 0 atom stereocenters. The Balaban J connectivity index is 1.40. The van der Waals surface area contributed by atoms with E-state index in [0.29, 0.717) is 37.0 Å². The molecule has 0 spiro atoms. The number of hydrogen-bond acceptors (Lipinski definition) is 7. The number of hydrogen-bond donors (Lipinski definition) is 0. The van der Waals surface area contributed by atoms with Gasteiger partial charge in [0, 0.05) is 31.3 Å². The standard InChI is InChI=1S/C23H26N4O5S/c1-3-31-19-10-6-17(7-11-19)22-24-21(32-25-22)16-26(2)23(28)18-8-12-20(13-9-18)33(29,30)27-14-4-5-15-27/h6-13H,3-5,14-16H2,1-2H3. The normalized spacial score (nSPS) is 14.4. The van der Waals surface area contributed by atoms with Crippen LogP contribution in [-0.4, -0.2) is 60.4 Å². The minimum absolute atomic E-state index is 0.122. The lowest BCUT2D eigenvalue weighted by Crippen LogP contribution is -2.28. The summed E-state index contributed by atoms with van der Waals surface area (Å²) in [6, 6.07) is 13.4. The van der Waals surface area contributed by atoms with Gasteiger partial charge in [-0.1, -0.05) is 5.16 Å². The Hall–Kier alpha value is -3.24. The Labute approximate surface area is 193 Å². The molecule has 4 rings (SSSR count). The van der Waals surface area contributed by atoms with Crippen molar-refractivity contribution >= 4 is 15.9 Å². The number of sulfonamides is 1. The third-order valence-corrected chi connectivity index (χ3v) is 7.33. The maximum Gasteiger partial charge on any atom is 0.254 e. The first-order chi connectivity index (χ1) is 15.9. The highest BCUT2D eigenvalue weighted by Crippen LogP contribution is 2.22. The number of ether oxygens (including phenoxy) is 1. The van der Waals surface area contributed by atoms with E-state index in [9.17, 15) is 13.2 Å². The van der Waals surface area contributed by atoms with Gasteiger partial charge in [-0.2, -0.15) is 9.29 Å². The predicted molar refractivity (Wildman–Crippen MR) is 121 cm³/mol. The van der Waals surface area contributed by atoms with Gasteiger partial charge in [0.2, 0.25) is 21.7 Å². The molecule has 0 N–H and O–H groups in total. The van der Waals surface area contributed by atoms with Crippen LogP contribution in [0.2, 0.25) is 0 Å². The lowest BCUT2D eigenvalue weighted by Gasteiger charge is -2.17. The van der Waals surface area contributed by atoms with Gasteiger partial charge in [0.25, 0.3) is 5.91 Å². The number of carbonyl (C=O) groups excluding carboxylic acids is 1. The summed E-state index contributed by atoms with van der Waals surface area (Å²) >= 11 is 0. The summed E-state index contributed by atoms with van der Waals surface area (Å²) in [7, 11) is -1.89. The molecule has 2 aromatic carbocycles. The van der Waals surface area contributed by atoms with Crippen molar-refractivity contribution in [3.63, 3.8) is 0 Å². The summed E-state index contributed by atoms with van der Waals surface area (Å²) in [5, 5.41) is 3.99. The predicted octanol–water partition coefficient (Wildman–Crippen LogP) is 3.19. The fourth-order valence-corrected chi connectivity index (χ4v) is 5.16. The minimum Gasteiger partial charge on any atom is -0.494 e. The van der Waals surface area contributed by atoms with Crippen LogP contribution in [0, 0.1) is 0 Å². The van der Waals surface area contributed by atoms with E-state index in [0.717, 1.165) is 24.2 Å². The molecule has 10 heteroatoms. The average Bonchev–Trinajstić information content (AvgIpc) is 3.52. The molecule has 0 saturated carbocycles. The van der Waals surface area contributed by atoms with Crippen molar-refractivity contribution in [3.05, 3.63) is 60.0 Å². The largest absolute Gasteiger partial charge is 0.494 e. The first-order valence-electron chi connectivity index (χ1n) is 10.8. The molecular weight excluding hydrogens is 444 g/mol. The topological polar surface area (TPSA) is 106 Å². The second-order valence-corrected chi connectivity index (χ2v) is 9.70. The summed E-state index contributed by atoms with van der Waals surface area (Å²) in [6.45, 7) is 3.70. The molecule has 0 radical (unpaired) electrons. The Morgan fingerprint density at radius 3 is 2.39 bits per heavy atom. The highest BCUT2D eigenvalue weighted by atomic mass is 32.2. The van der Waals surface area contributed by atoms with Gasteiger partial charge in [-0.3, -0.25) is 4.79 Å². The van der Waals surface area contributed by atoms with Crippen LogP contribution < -0.4 is 4.74 Å². The molecule has 1 saturated heterocycles. The van der Waals surface area contributed by atoms with Crippen molar-refractivity contribution in [2.24, 2.45) is 0 Å². The van der Waals surface area contributed by atoms with Crippen molar-refractivity contribution in [2.75, 3.05) is 26.7 Å². The van der Waals surface area contributed by atoms with Crippen LogP contribution >= 0.6 is 0 Å². The summed E-state index contributed by atoms with van der Waals surface area (Å²) in [5.41, 5.74) is 1.15. The van der Waals surface area contributed by atoms with Gasteiger partial charge in [-0.05, 0) is 68.3 Å². The molecule has 3 aromatic rings. The van der Waals surface area contributed by atoms with E-state index in [2.05, 4.69) is 10.1 Å². The lowest BCUT2D eigenvalue weighted by molar-refractivity contribution is 0.0769. The number of aromatic nitrogens is 2. The van der Waals surface area contributed by atoms with Gasteiger partial charge in [-0.25, -0.2) is 8.42 Å². The minimum atomic E-state index is -3.51. The molecule has 2 heterocycles. The number of benzene rings is 2. The van der Waals surface area contributed by atoms with E-state index in [1.807, 2.05) is 31.2 Å². The van der Waals surface area contributed by atoms with Crippen LogP contribution in [0.4, 0.5) is 0 Å². The Bertz CT molecular complexity index is 1200. The van der Waals surface area contributed by atoms with E-state index < -0.39 is 10.0 Å². The van der Waals surface area contributed by atoms with E-state index in [-0.39, 0.29) is 17.3 Å². The zero-order valence-corrected chi connectivity index (χ0v) is 19.4. The molecule has 1 aliphatic rings. The summed E-state index contributed by atoms with van der Waals surface area (Å²) in [5.74, 6) is 1.20. The number of amides is 1. The van der Waals surface area contributed by atoms with E-state index in [1.165, 1.54) is 33.5 Å². The monoisotopic (exact) mass is 470 g/mol. The van der Waals surface area contributed by atoms with Crippen LogP contribution in [0.25, 0.3) is 11.4 Å². The fraction of sp³-hybridized carbons (Fsp3) is 0.348. The molecule has 1 fully saturated rings. The van der Waals surface area contributed by atoms with Crippen LogP contribution in [0.1, 0.15) is 36.0 Å². The SMILES string of the molecule is CCOc1ccc(-c2noc(CN(C)C(=O)c3ccc(S(=O)(=O)N4CCCC4)cc3)n2)cc1. The molecule has 9 nitrogen and oxygen atoms in total. The molecule has 174 valence electrons. The molecule has 1 amide bonds. The summed E-state index contributed by atoms with van der Waals surface area (Å²) in [4.78, 5) is 18.8. The smallest absolute Gasteiger partial charge is 0.254 e. The average molecular weight is 471 g/mol. The molecule has 1 aromatic heterocycles. The first-order valence-corrected chi connectivity index (χ1v) is 12.2. The zero-order valence-electron chi connectivity index (χ0n) is 18.6. The molecule has 0 aliphatic carbocycles. The van der Waals surface area contributed by atoms with Crippen molar-refractivity contribution in [1.82, 2.24) is 19.3 Å². The number of carbonyl (C=O) groups is 1. The highest BCUT2D eigenvalue weighted by Gasteiger charge is 2.27. The molecule has 0 unspecified atom stereocenters. The maximum atomic E-state index is 12.8. The van der Waals surface area contributed by atoms with E-state index in [1.54, 1.807) is 7.05 Å². The molecule has 0 bridgehead atoms. The van der Waals surface area contributed by atoms with Crippen molar-refractivity contribution in [2.45, 2.75) is 31.2 Å². The second-order valence-electron chi connectivity index (χ2n) is 7.77. The van der Waals surface area contributed by atoms with Crippen LogP contribution in [0.3, 0.4) is 0 Å². The molecular formula is C23H26N4O5S. The zero-order chi connectivity index (χ0) is 23.4. The summed E-state index contributed by atoms with van der Waals surface area (Å²) < 4.78 is 37.5. The molecule has 1 aliphatic heterocycles. The fourth-order valence-electron chi connectivity index (χ4n) is 3.65. The number of nitrogens with zero attached hydrogens (tertiary/aromatic N) is 4. The van der Waals surface area contributed by atoms with Crippen molar-refractivity contribution < 1.29 is 22.5 Å². The van der Waals surface area contributed by atoms with Crippen LogP contribution in [0.5, 0.6) is 5.75 Å². The van der Waals surface area contributed by atoms with Crippen molar-refractivity contribution in [1.29, 1.82) is 0 Å². The molecule has 33 heavy (non-hydrogen) atoms. The van der Waals surface area contributed by atoms with Gasteiger partial charge in [0.05, 0.1) is 18.0 Å². The third kappa shape index (κ3) is 5.07. The second kappa shape index (κ2) is 9.72. The van der Waals surface area contributed by atoms with Gasteiger partial charge in [0.1, 0.15) is 5.75 Å². The van der Waals surface area contributed by atoms with Gasteiger partial charge in [-0.15, -0.1) is 0 Å². The Morgan fingerprint density at radius 2 is 1.76 bits per heavy atom. The van der Waals surface area contributed by atoms with E-state index >= 15 is 0 Å². The Morgan fingerprint density at radius 1 is 1.09 bits per heavy atom. The van der Waals surface area contributed by atoms with Crippen LogP contribution in [0.15, 0.2) is 57.9 Å². The van der Waals surface area contributed by atoms with Gasteiger partial charge < -0.3 is 14.2 Å². The van der Waals surface area contributed by atoms with Gasteiger partial charge >= 0.3 is 0 Å². The Kier molecular flexibility index (Phi) is 6.75. The summed E-state index contributed by atoms with van der Waals surface area (Å²) in [6.07, 6.45) is 1.74. The highest BCUT2D eigenvalue weighted by molar-refractivity contribution is 7.89. The lowest BCUT2D eigenvalue weighted by atomic mass is 10.2. The first kappa shape index (κ1) is 22.9. The van der Waals surface area contributed by atoms with Crippen molar-refractivity contribution in [3.8, 4) is 17.1 Å².